The van der Waals surface area contributed by atoms with Gasteiger partial charge in [-0.15, -0.1) is 0 Å². The zero-order chi connectivity index (χ0) is 38.7. The number of ether oxygens (including phenoxy) is 4. The molecule has 292 valence electrons. The molecule has 2 fully saturated rings. The van der Waals surface area contributed by atoms with Crippen LogP contribution in [-0.4, -0.2) is 129 Å². The van der Waals surface area contributed by atoms with Crippen LogP contribution in [0.3, 0.4) is 0 Å². The van der Waals surface area contributed by atoms with E-state index in [2.05, 4.69) is 10.6 Å². The van der Waals surface area contributed by atoms with Crippen molar-refractivity contribution in [1.82, 2.24) is 20.4 Å². The number of carbonyl (C=O) groups excluding carboxylic acids is 5. The van der Waals surface area contributed by atoms with Gasteiger partial charge < -0.3 is 45.1 Å². The highest BCUT2D eigenvalue weighted by Gasteiger charge is 2.46. The van der Waals surface area contributed by atoms with Crippen molar-refractivity contribution in [2.45, 2.75) is 109 Å². The highest BCUT2D eigenvalue weighted by Crippen LogP contribution is 2.30. The van der Waals surface area contributed by atoms with Crippen LogP contribution in [0.25, 0.3) is 0 Å². The maximum Gasteiger partial charge on any atom is 0.328 e. The van der Waals surface area contributed by atoms with Crippen molar-refractivity contribution >= 4 is 29.6 Å². The van der Waals surface area contributed by atoms with Crippen LogP contribution >= 0.6 is 0 Å². The van der Waals surface area contributed by atoms with E-state index in [0.29, 0.717) is 19.4 Å². The van der Waals surface area contributed by atoms with Gasteiger partial charge in [0, 0.05) is 34.2 Å². The van der Waals surface area contributed by atoms with Crippen molar-refractivity contribution in [3.63, 3.8) is 0 Å². The fraction of sp³-hybridized carbons (Fsp3) is 0.711. The third-order valence-electron chi connectivity index (χ3n) is 10.7. The number of nitrogens with one attached hydrogen (secondary N) is 2. The summed E-state index contributed by atoms with van der Waals surface area (Å²) in [5, 5.41) is 5.69. The van der Waals surface area contributed by atoms with E-state index in [9.17, 15) is 24.0 Å². The number of hydrogen-bond donors (Lipinski definition) is 3. The Morgan fingerprint density at radius 1 is 1.02 bits per heavy atom. The molecule has 4 amide bonds. The lowest BCUT2D eigenvalue weighted by molar-refractivity contribution is -0.151. The molecule has 2 heterocycles. The standard InChI is InChI=1S/C38H61N5O9/c1-10-24(4)32(42(6)35(46)31(23(2)3)41-37(48)38(39)21-52-22-38)29(49-7)20-30(44)43-18-14-17-28(43)33(50-8)25(5)34(45)40-27(36(47)51-9)19-26-15-12-11-13-16-26/h11-13,15-16,23-25,27-29,31-33H,10,14,17-22,39H2,1-9H3,(H,40,45)(H,41,48)/t24-,25+,27-,28-,29+,31-,32-,33+/m0/s1. The molecule has 14 heteroatoms. The topological polar surface area (TPSA) is 179 Å². The number of likely N-dealkylation sites (tertiary alicyclic amines) is 1. The van der Waals surface area contributed by atoms with Gasteiger partial charge in [0.1, 0.15) is 17.6 Å². The first-order valence-electron chi connectivity index (χ1n) is 18.3. The normalized spacial score (nSPS) is 20.8. The van der Waals surface area contributed by atoms with Crippen LogP contribution in [0, 0.1) is 17.8 Å². The number of rotatable bonds is 19. The second-order valence-corrected chi connectivity index (χ2v) is 14.7. The summed E-state index contributed by atoms with van der Waals surface area (Å²) in [6, 6.07) is 6.72. The molecule has 2 aliphatic heterocycles. The van der Waals surface area contributed by atoms with Crippen LogP contribution in [0.5, 0.6) is 0 Å². The summed E-state index contributed by atoms with van der Waals surface area (Å²) >= 11 is 0. The van der Waals surface area contributed by atoms with Gasteiger partial charge in [0.05, 0.1) is 57.0 Å². The summed E-state index contributed by atoms with van der Waals surface area (Å²) < 4.78 is 22.0. The van der Waals surface area contributed by atoms with Gasteiger partial charge in [-0.25, -0.2) is 4.79 Å². The van der Waals surface area contributed by atoms with E-state index in [1.807, 2.05) is 58.0 Å². The third kappa shape index (κ3) is 10.3. The Balaban J connectivity index is 1.76. The minimum absolute atomic E-state index is 0.0138. The monoisotopic (exact) mass is 731 g/mol. The molecular formula is C38H61N5O9. The van der Waals surface area contributed by atoms with Crippen LogP contribution in [0.2, 0.25) is 0 Å². The molecule has 0 aromatic heterocycles. The summed E-state index contributed by atoms with van der Waals surface area (Å²) in [6.45, 7) is 10.1. The molecule has 4 N–H and O–H groups in total. The average molecular weight is 732 g/mol. The van der Waals surface area contributed by atoms with Gasteiger partial charge in [0.25, 0.3) is 0 Å². The summed E-state index contributed by atoms with van der Waals surface area (Å²) in [7, 11) is 6.01. The van der Waals surface area contributed by atoms with Gasteiger partial charge in [-0.3, -0.25) is 19.2 Å². The van der Waals surface area contributed by atoms with Crippen LogP contribution in [0.15, 0.2) is 30.3 Å². The van der Waals surface area contributed by atoms with E-state index in [1.54, 1.807) is 23.8 Å². The second kappa shape index (κ2) is 19.5. The predicted molar refractivity (Wildman–Crippen MR) is 195 cm³/mol. The molecule has 2 saturated heterocycles. The minimum atomic E-state index is -1.17. The van der Waals surface area contributed by atoms with Gasteiger partial charge in [0.15, 0.2) is 0 Å². The van der Waals surface area contributed by atoms with Crippen molar-refractivity contribution < 1.29 is 42.9 Å². The number of amides is 4. The zero-order valence-electron chi connectivity index (χ0n) is 32.4. The van der Waals surface area contributed by atoms with Gasteiger partial charge >= 0.3 is 5.97 Å². The largest absolute Gasteiger partial charge is 0.467 e. The number of carbonyl (C=O) groups is 5. The third-order valence-corrected chi connectivity index (χ3v) is 10.7. The molecular weight excluding hydrogens is 670 g/mol. The van der Waals surface area contributed by atoms with Gasteiger partial charge in [-0.2, -0.15) is 0 Å². The fourth-order valence-corrected chi connectivity index (χ4v) is 7.27. The van der Waals surface area contributed by atoms with Crippen molar-refractivity contribution in [3.05, 3.63) is 35.9 Å². The molecule has 2 aliphatic rings. The molecule has 0 unspecified atom stereocenters. The highest BCUT2D eigenvalue weighted by molar-refractivity contribution is 5.93. The predicted octanol–water partition coefficient (Wildman–Crippen LogP) is 1.68. The molecule has 14 nitrogen and oxygen atoms in total. The molecule has 0 saturated carbocycles. The van der Waals surface area contributed by atoms with Crippen LogP contribution < -0.4 is 16.4 Å². The van der Waals surface area contributed by atoms with Crippen LogP contribution in [0.1, 0.15) is 65.9 Å². The Morgan fingerprint density at radius 3 is 2.19 bits per heavy atom. The lowest BCUT2D eigenvalue weighted by Crippen LogP contribution is -2.69. The first kappa shape index (κ1) is 42.8. The van der Waals surface area contributed by atoms with Crippen molar-refractivity contribution in [1.29, 1.82) is 0 Å². The van der Waals surface area contributed by atoms with E-state index >= 15 is 0 Å². The van der Waals surface area contributed by atoms with E-state index < -0.39 is 59.7 Å². The number of nitrogens with two attached hydrogens (primary N) is 1. The lowest BCUT2D eigenvalue weighted by atomic mass is 9.89. The Labute approximate surface area is 308 Å². The zero-order valence-corrected chi connectivity index (χ0v) is 32.4. The summed E-state index contributed by atoms with van der Waals surface area (Å²) in [4.78, 5) is 70.8. The SMILES string of the molecule is CC[C@H](C)[C@@H]([C@@H](CC(=O)N1CCC[C@H]1[C@H](OC)[C@@H](C)C(=O)N[C@@H](Cc1ccccc1)C(=O)OC)OC)N(C)C(=O)[C@@H](NC(=O)C1(N)COC1)C(C)C. The van der Waals surface area contributed by atoms with Crippen molar-refractivity contribution in [3.8, 4) is 0 Å². The molecule has 0 bridgehead atoms. The number of methoxy groups -OCH3 is 3. The van der Waals surface area contributed by atoms with Crippen molar-refractivity contribution in [2.75, 3.05) is 48.1 Å². The van der Waals surface area contributed by atoms with Crippen LogP contribution in [-0.2, 0) is 49.3 Å². The van der Waals surface area contributed by atoms with Crippen molar-refractivity contribution in [2.24, 2.45) is 23.5 Å². The van der Waals surface area contributed by atoms with E-state index in [1.165, 1.54) is 21.3 Å². The molecule has 0 radical (unpaired) electrons. The molecule has 8 atom stereocenters. The summed E-state index contributed by atoms with van der Waals surface area (Å²) in [6.07, 6.45) is 0.984. The summed E-state index contributed by atoms with van der Waals surface area (Å²) in [5.74, 6) is -2.86. The molecule has 1 aromatic carbocycles. The molecule has 3 rings (SSSR count). The maximum atomic E-state index is 14.1. The Morgan fingerprint density at radius 2 is 1.67 bits per heavy atom. The number of esters is 1. The van der Waals surface area contributed by atoms with Gasteiger partial charge in [-0.1, -0.05) is 71.4 Å². The maximum absolute atomic E-state index is 14.1. The van der Waals surface area contributed by atoms with E-state index in [4.69, 9.17) is 24.7 Å². The Kier molecular flexibility index (Phi) is 16.0. The van der Waals surface area contributed by atoms with E-state index in [-0.39, 0.29) is 55.6 Å². The Bertz CT molecular complexity index is 1360. The lowest BCUT2D eigenvalue weighted by Gasteiger charge is -2.42. The summed E-state index contributed by atoms with van der Waals surface area (Å²) in [5.41, 5.74) is 5.86. The average Bonchev–Trinajstić information content (AvgIpc) is 3.61. The second-order valence-electron chi connectivity index (χ2n) is 14.7. The fourth-order valence-electron chi connectivity index (χ4n) is 7.27. The smallest absolute Gasteiger partial charge is 0.328 e. The number of benzene rings is 1. The quantitative estimate of drug-likeness (QED) is 0.177. The highest BCUT2D eigenvalue weighted by atomic mass is 16.5. The number of hydrogen-bond acceptors (Lipinski definition) is 10. The first-order valence-corrected chi connectivity index (χ1v) is 18.3. The molecule has 0 spiro atoms. The van der Waals surface area contributed by atoms with Gasteiger partial charge in [-0.05, 0) is 30.2 Å². The molecule has 52 heavy (non-hydrogen) atoms. The number of nitrogens with zero attached hydrogens (tertiary/aromatic N) is 2. The minimum Gasteiger partial charge on any atom is -0.467 e. The van der Waals surface area contributed by atoms with E-state index in [0.717, 1.165) is 12.0 Å². The molecule has 1 aromatic rings. The number of likely N-dealkylation sites (N-methyl/N-ethyl adjacent to an activating group) is 1. The van der Waals surface area contributed by atoms with Gasteiger partial charge in [0.2, 0.25) is 23.6 Å². The Hall–Kier alpha value is -3.59. The first-order chi connectivity index (χ1) is 24.6. The molecule has 0 aliphatic carbocycles. The van der Waals surface area contributed by atoms with Crippen LogP contribution in [0.4, 0.5) is 0 Å².